The van der Waals surface area contributed by atoms with Crippen LogP contribution >= 0.6 is 11.3 Å². The molecule has 21 heavy (non-hydrogen) atoms. The summed E-state index contributed by atoms with van der Waals surface area (Å²) in [5, 5.41) is 0.733. The lowest BCUT2D eigenvalue weighted by molar-refractivity contribution is 0.00578. The summed E-state index contributed by atoms with van der Waals surface area (Å²) in [4.78, 5) is 5.95. The summed E-state index contributed by atoms with van der Waals surface area (Å²) in [6.45, 7) is 12.3. The molecule has 1 aliphatic heterocycles. The Bertz CT molecular complexity index is 521. The van der Waals surface area contributed by atoms with E-state index >= 15 is 0 Å². The molecule has 6 heteroatoms. The zero-order valence-electron chi connectivity index (χ0n) is 13.7. The smallest absolute Gasteiger partial charge is 0.467 e. The molecule has 0 radical (unpaired) electrons. The van der Waals surface area contributed by atoms with Crippen molar-refractivity contribution in [3.63, 3.8) is 0 Å². The number of hydrogen-bond donors (Lipinski definition) is 0. The van der Waals surface area contributed by atoms with Gasteiger partial charge in [-0.1, -0.05) is 11.3 Å². The molecule has 0 spiro atoms. The molecule has 3 rings (SSSR count). The molecule has 0 bridgehead atoms. The third-order valence-corrected chi connectivity index (χ3v) is 5.55. The zero-order valence-corrected chi connectivity index (χ0v) is 14.5. The van der Waals surface area contributed by atoms with Gasteiger partial charge in [-0.25, -0.2) is 4.98 Å². The summed E-state index contributed by atoms with van der Waals surface area (Å²) < 4.78 is 18.1. The summed E-state index contributed by atoms with van der Waals surface area (Å²) in [5.41, 5.74) is 0.263. The lowest BCUT2D eigenvalue weighted by Crippen LogP contribution is -2.41. The summed E-state index contributed by atoms with van der Waals surface area (Å²) in [5.74, 6) is 0.612. The largest absolute Gasteiger partial charge is 0.515 e. The van der Waals surface area contributed by atoms with E-state index in [2.05, 4.69) is 32.7 Å². The SMILES string of the molecule is CC(C)Oc1nc(B2OC(C)(C)C(C)(C)O2)c(C2CC2)s1. The van der Waals surface area contributed by atoms with Crippen LogP contribution in [0.2, 0.25) is 0 Å². The maximum atomic E-state index is 6.15. The number of aromatic nitrogens is 1. The molecular formula is C15H24BNO3S. The van der Waals surface area contributed by atoms with Crippen LogP contribution in [0.25, 0.3) is 0 Å². The van der Waals surface area contributed by atoms with E-state index in [1.165, 1.54) is 17.7 Å². The lowest BCUT2D eigenvalue weighted by atomic mass is 9.83. The summed E-state index contributed by atoms with van der Waals surface area (Å²) in [6.07, 6.45) is 2.60. The number of nitrogens with zero attached hydrogens (tertiary/aromatic N) is 1. The Balaban J connectivity index is 1.89. The Hall–Kier alpha value is -0.585. The third kappa shape index (κ3) is 2.85. The normalized spacial score (nSPS) is 23.9. The first-order valence-electron chi connectivity index (χ1n) is 7.72. The average molecular weight is 309 g/mol. The van der Waals surface area contributed by atoms with Crippen molar-refractivity contribution in [1.29, 1.82) is 0 Å². The first-order chi connectivity index (χ1) is 9.69. The van der Waals surface area contributed by atoms with Crippen LogP contribution in [0.15, 0.2) is 0 Å². The first kappa shape index (κ1) is 15.3. The second kappa shape index (κ2) is 4.96. The van der Waals surface area contributed by atoms with Crippen LogP contribution in [0.3, 0.4) is 0 Å². The number of hydrogen-bond acceptors (Lipinski definition) is 5. The maximum absolute atomic E-state index is 6.15. The van der Waals surface area contributed by atoms with Gasteiger partial charge in [0.2, 0.25) is 0 Å². The van der Waals surface area contributed by atoms with Crippen molar-refractivity contribution in [2.45, 2.75) is 77.6 Å². The van der Waals surface area contributed by atoms with E-state index in [4.69, 9.17) is 14.0 Å². The molecule has 1 aromatic heterocycles. The fourth-order valence-corrected chi connectivity index (χ4v) is 3.56. The second-order valence-corrected chi connectivity index (χ2v) is 8.25. The number of ether oxygens (including phenoxy) is 1. The van der Waals surface area contributed by atoms with Gasteiger partial charge in [0.15, 0.2) is 0 Å². The van der Waals surface area contributed by atoms with Gasteiger partial charge < -0.3 is 14.0 Å². The fraction of sp³-hybridized carbons (Fsp3) is 0.800. The van der Waals surface area contributed by atoms with E-state index in [9.17, 15) is 0 Å². The molecule has 1 saturated carbocycles. The highest BCUT2D eigenvalue weighted by Gasteiger charge is 2.54. The summed E-state index contributed by atoms with van der Waals surface area (Å²) in [6, 6.07) is 0. The van der Waals surface area contributed by atoms with Crippen molar-refractivity contribution in [1.82, 2.24) is 4.98 Å². The van der Waals surface area contributed by atoms with Gasteiger partial charge in [-0.15, -0.1) is 0 Å². The molecule has 2 aliphatic rings. The quantitative estimate of drug-likeness (QED) is 0.801. The Morgan fingerprint density at radius 1 is 1.19 bits per heavy atom. The molecule has 0 amide bonds. The van der Waals surface area contributed by atoms with E-state index in [-0.39, 0.29) is 24.4 Å². The van der Waals surface area contributed by atoms with Crippen LogP contribution in [0.1, 0.15) is 65.2 Å². The predicted molar refractivity (Wildman–Crippen MR) is 85.6 cm³/mol. The summed E-state index contributed by atoms with van der Waals surface area (Å²) >= 11 is 1.65. The monoisotopic (exact) mass is 309 g/mol. The Kier molecular flexibility index (Phi) is 3.62. The van der Waals surface area contributed by atoms with Gasteiger partial charge in [0.1, 0.15) is 0 Å². The number of rotatable bonds is 4. The highest BCUT2D eigenvalue weighted by Crippen LogP contribution is 2.45. The molecule has 2 heterocycles. The van der Waals surface area contributed by atoms with E-state index < -0.39 is 0 Å². The van der Waals surface area contributed by atoms with E-state index in [1.54, 1.807) is 11.3 Å². The van der Waals surface area contributed by atoms with E-state index in [0.717, 1.165) is 10.8 Å². The topological polar surface area (TPSA) is 40.6 Å². The Morgan fingerprint density at radius 2 is 1.76 bits per heavy atom. The fourth-order valence-electron chi connectivity index (χ4n) is 2.34. The van der Waals surface area contributed by atoms with Gasteiger partial charge >= 0.3 is 7.12 Å². The standard InChI is InChI=1S/C15H24BNO3S/c1-9(2)18-13-17-12(11(21-13)10-7-8-10)16-19-14(3,4)15(5,6)20-16/h9-10H,7-8H2,1-6H3. The van der Waals surface area contributed by atoms with Crippen molar-refractivity contribution in [3.05, 3.63) is 4.88 Å². The minimum absolute atomic E-state index is 0.134. The Morgan fingerprint density at radius 3 is 2.24 bits per heavy atom. The average Bonchev–Trinajstić information content (AvgIpc) is 3.04. The molecule has 1 aromatic rings. The van der Waals surface area contributed by atoms with Gasteiger partial charge in [0.25, 0.3) is 5.19 Å². The van der Waals surface area contributed by atoms with Gasteiger partial charge in [-0.05, 0) is 60.3 Å². The zero-order chi connectivity index (χ0) is 15.4. The molecule has 0 unspecified atom stereocenters. The maximum Gasteiger partial charge on any atom is 0.515 e. The molecule has 0 atom stereocenters. The van der Waals surface area contributed by atoms with Gasteiger partial charge in [-0.3, -0.25) is 0 Å². The van der Waals surface area contributed by atoms with Gasteiger partial charge in [-0.2, -0.15) is 0 Å². The highest BCUT2D eigenvalue weighted by molar-refractivity contribution is 7.14. The lowest BCUT2D eigenvalue weighted by Gasteiger charge is -2.32. The van der Waals surface area contributed by atoms with Crippen LogP contribution in [0.4, 0.5) is 0 Å². The molecule has 1 saturated heterocycles. The van der Waals surface area contributed by atoms with Crippen molar-refractivity contribution >= 4 is 24.0 Å². The van der Waals surface area contributed by atoms with Crippen LogP contribution < -0.4 is 10.3 Å². The van der Waals surface area contributed by atoms with Gasteiger partial charge in [0.05, 0.1) is 22.9 Å². The predicted octanol–water partition coefficient (Wildman–Crippen LogP) is 3.11. The van der Waals surface area contributed by atoms with Crippen molar-refractivity contribution < 1.29 is 14.0 Å². The number of thiazole rings is 1. The summed E-state index contributed by atoms with van der Waals surface area (Å²) in [7, 11) is -0.383. The minimum Gasteiger partial charge on any atom is -0.467 e. The van der Waals surface area contributed by atoms with Crippen LogP contribution in [0, 0.1) is 0 Å². The first-order valence-corrected chi connectivity index (χ1v) is 8.54. The third-order valence-electron chi connectivity index (χ3n) is 4.42. The van der Waals surface area contributed by atoms with Crippen LogP contribution in [-0.4, -0.2) is 29.4 Å². The van der Waals surface area contributed by atoms with Crippen molar-refractivity contribution in [3.8, 4) is 5.19 Å². The second-order valence-electron chi connectivity index (χ2n) is 7.26. The molecular weight excluding hydrogens is 285 g/mol. The highest BCUT2D eigenvalue weighted by atomic mass is 32.1. The molecule has 0 N–H and O–H groups in total. The van der Waals surface area contributed by atoms with E-state index in [1.807, 2.05) is 13.8 Å². The molecule has 4 nitrogen and oxygen atoms in total. The van der Waals surface area contributed by atoms with Crippen molar-refractivity contribution in [2.24, 2.45) is 0 Å². The Labute approximate surface area is 131 Å². The minimum atomic E-state index is -0.383. The van der Waals surface area contributed by atoms with E-state index in [0.29, 0.717) is 5.92 Å². The molecule has 1 aliphatic carbocycles. The molecule has 116 valence electrons. The molecule has 2 fully saturated rings. The molecule has 0 aromatic carbocycles. The van der Waals surface area contributed by atoms with Gasteiger partial charge in [0, 0.05) is 4.88 Å². The van der Waals surface area contributed by atoms with Crippen LogP contribution in [-0.2, 0) is 9.31 Å². The van der Waals surface area contributed by atoms with Crippen molar-refractivity contribution in [2.75, 3.05) is 0 Å². The van der Waals surface area contributed by atoms with Crippen LogP contribution in [0.5, 0.6) is 5.19 Å².